The Kier molecular flexibility index (Phi) is 1.31. The molecule has 0 saturated carbocycles. The van der Waals surface area contributed by atoms with Crippen LogP contribution in [-0.4, -0.2) is 15.9 Å². The van der Waals surface area contributed by atoms with Gasteiger partial charge in [-0.3, -0.25) is 14.8 Å². The van der Waals surface area contributed by atoms with Crippen LogP contribution in [0, 0.1) is 0 Å². The zero-order valence-electron chi connectivity index (χ0n) is 5.78. The molecule has 56 valence electrons. The molecule has 1 aliphatic heterocycles. The molecule has 0 spiro atoms. The van der Waals surface area contributed by atoms with Gasteiger partial charge in [-0.2, -0.15) is 0 Å². The summed E-state index contributed by atoms with van der Waals surface area (Å²) in [5.74, 6) is -0.224. The Hall–Kier alpha value is -1.45. The van der Waals surface area contributed by atoms with Crippen LogP contribution in [0.4, 0.5) is 0 Å². The largest absolute Gasteiger partial charge is 0.459 e. The Labute approximate surface area is 63.2 Å². The van der Waals surface area contributed by atoms with Gasteiger partial charge in [-0.15, -0.1) is 0 Å². The van der Waals surface area contributed by atoms with E-state index in [0.29, 0.717) is 0 Å². The van der Waals surface area contributed by atoms with Crippen LogP contribution in [0.25, 0.3) is 0 Å². The minimum absolute atomic E-state index is 0.224. The maximum Gasteiger partial charge on any atom is 0.312 e. The fourth-order valence-electron chi connectivity index (χ4n) is 1.00. The molecule has 0 saturated heterocycles. The van der Waals surface area contributed by atoms with Crippen LogP contribution in [0.5, 0.6) is 0 Å². The van der Waals surface area contributed by atoms with E-state index in [1.54, 1.807) is 12.4 Å². The number of hydrogen-bond donors (Lipinski definition) is 0. The molecule has 4 nitrogen and oxygen atoms in total. The van der Waals surface area contributed by atoms with E-state index in [1.807, 2.05) is 0 Å². The van der Waals surface area contributed by atoms with E-state index >= 15 is 0 Å². The molecule has 1 aromatic rings. The van der Waals surface area contributed by atoms with Crippen LogP contribution >= 0.6 is 0 Å². The molecule has 4 heteroatoms. The zero-order valence-corrected chi connectivity index (χ0v) is 5.78. The second-order valence-corrected chi connectivity index (χ2v) is 2.29. The lowest BCUT2D eigenvalue weighted by Gasteiger charge is -2.12. The molecule has 0 unspecified atom stereocenters. The van der Waals surface area contributed by atoms with Gasteiger partial charge in [0.2, 0.25) is 0 Å². The zero-order chi connectivity index (χ0) is 7.68. The standard InChI is InChI=1S/C7H6N2O2/c10-7-3-5-6(4-11-7)9-2-1-8-5/h1-2H,3-4H2. The lowest BCUT2D eigenvalue weighted by molar-refractivity contribution is -0.145. The Morgan fingerprint density at radius 3 is 2.82 bits per heavy atom. The second-order valence-electron chi connectivity index (χ2n) is 2.29. The van der Waals surface area contributed by atoms with Crippen molar-refractivity contribution in [2.75, 3.05) is 0 Å². The van der Waals surface area contributed by atoms with Gasteiger partial charge in [-0.25, -0.2) is 0 Å². The Balaban J connectivity index is 2.41. The number of hydrogen-bond acceptors (Lipinski definition) is 4. The van der Waals surface area contributed by atoms with E-state index in [9.17, 15) is 4.79 Å². The molecule has 0 aliphatic carbocycles. The topological polar surface area (TPSA) is 52.1 Å². The molecule has 0 atom stereocenters. The Bertz CT molecular complexity index is 298. The number of rotatable bonds is 0. The molecule has 0 aromatic carbocycles. The summed E-state index contributed by atoms with van der Waals surface area (Å²) >= 11 is 0. The van der Waals surface area contributed by atoms with E-state index < -0.39 is 0 Å². The molecule has 1 aromatic heterocycles. The summed E-state index contributed by atoms with van der Waals surface area (Å²) < 4.78 is 4.76. The summed E-state index contributed by atoms with van der Waals surface area (Å²) in [4.78, 5) is 18.8. The predicted octanol–water partition coefficient (Wildman–Crippen LogP) is 0.0759. The number of cyclic esters (lactones) is 1. The SMILES string of the molecule is O=C1Cc2nccnc2CO1. The van der Waals surface area contributed by atoms with Crippen LogP contribution in [0.1, 0.15) is 11.4 Å². The molecule has 0 bridgehead atoms. The Morgan fingerprint density at radius 1 is 1.27 bits per heavy atom. The van der Waals surface area contributed by atoms with Crippen molar-refractivity contribution in [2.45, 2.75) is 13.0 Å². The van der Waals surface area contributed by atoms with Crippen molar-refractivity contribution >= 4 is 5.97 Å². The van der Waals surface area contributed by atoms with Gasteiger partial charge in [0, 0.05) is 12.4 Å². The number of fused-ring (bicyclic) bond motifs is 1. The lowest BCUT2D eigenvalue weighted by Crippen LogP contribution is -2.18. The first-order valence-corrected chi connectivity index (χ1v) is 3.30. The van der Waals surface area contributed by atoms with Crippen molar-refractivity contribution < 1.29 is 9.53 Å². The van der Waals surface area contributed by atoms with E-state index in [-0.39, 0.29) is 19.0 Å². The van der Waals surface area contributed by atoms with Crippen molar-refractivity contribution in [3.63, 3.8) is 0 Å². The fraction of sp³-hybridized carbons (Fsp3) is 0.286. The maximum absolute atomic E-state index is 10.7. The van der Waals surface area contributed by atoms with Gasteiger partial charge in [-0.05, 0) is 0 Å². The van der Waals surface area contributed by atoms with Crippen molar-refractivity contribution in [3.8, 4) is 0 Å². The first kappa shape index (κ1) is 6.27. The molecule has 1 aliphatic rings. The first-order valence-electron chi connectivity index (χ1n) is 3.30. The highest BCUT2D eigenvalue weighted by Gasteiger charge is 2.17. The molecule has 2 rings (SSSR count). The lowest BCUT2D eigenvalue weighted by atomic mass is 10.2. The number of esters is 1. The summed E-state index contributed by atoms with van der Waals surface area (Å²) in [6, 6.07) is 0. The average Bonchev–Trinajstić information content (AvgIpc) is 2.04. The molecule has 0 radical (unpaired) electrons. The van der Waals surface area contributed by atoms with Gasteiger partial charge in [0.1, 0.15) is 6.61 Å². The number of nitrogens with zero attached hydrogens (tertiary/aromatic N) is 2. The third-order valence-corrected chi connectivity index (χ3v) is 1.54. The van der Waals surface area contributed by atoms with Crippen LogP contribution in [-0.2, 0) is 22.6 Å². The highest BCUT2D eigenvalue weighted by Crippen LogP contribution is 2.10. The summed E-state index contributed by atoms with van der Waals surface area (Å²) in [5.41, 5.74) is 1.51. The molecular formula is C7H6N2O2. The van der Waals surface area contributed by atoms with Crippen molar-refractivity contribution in [2.24, 2.45) is 0 Å². The predicted molar refractivity (Wildman–Crippen MR) is 35.5 cm³/mol. The summed E-state index contributed by atoms with van der Waals surface area (Å²) in [6.45, 7) is 0.266. The van der Waals surface area contributed by atoms with Crippen molar-refractivity contribution in [3.05, 3.63) is 23.8 Å². The minimum atomic E-state index is -0.224. The number of carbonyl (C=O) groups is 1. The van der Waals surface area contributed by atoms with E-state index in [0.717, 1.165) is 11.4 Å². The molecule has 0 fully saturated rings. The fourth-order valence-corrected chi connectivity index (χ4v) is 1.00. The summed E-state index contributed by atoms with van der Waals surface area (Å²) in [6.07, 6.45) is 3.43. The molecule has 0 amide bonds. The quantitative estimate of drug-likeness (QED) is 0.491. The summed E-state index contributed by atoms with van der Waals surface area (Å²) in [7, 11) is 0. The molecular weight excluding hydrogens is 144 g/mol. The van der Waals surface area contributed by atoms with Gasteiger partial charge < -0.3 is 4.74 Å². The minimum Gasteiger partial charge on any atom is -0.459 e. The van der Waals surface area contributed by atoms with Crippen molar-refractivity contribution in [1.82, 2.24) is 9.97 Å². The van der Waals surface area contributed by atoms with Gasteiger partial charge in [-0.1, -0.05) is 0 Å². The number of carbonyl (C=O) groups excluding carboxylic acids is 1. The number of ether oxygens (including phenoxy) is 1. The molecule has 0 N–H and O–H groups in total. The smallest absolute Gasteiger partial charge is 0.312 e. The van der Waals surface area contributed by atoms with E-state index in [4.69, 9.17) is 4.74 Å². The average molecular weight is 150 g/mol. The molecule has 2 heterocycles. The van der Waals surface area contributed by atoms with Crippen LogP contribution < -0.4 is 0 Å². The van der Waals surface area contributed by atoms with Crippen LogP contribution in [0.15, 0.2) is 12.4 Å². The van der Waals surface area contributed by atoms with Gasteiger partial charge in [0.25, 0.3) is 0 Å². The summed E-state index contributed by atoms with van der Waals surface area (Å²) in [5, 5.41) is 0. The van der Waals surface area contributed by atoms with E-state index in [1.165, 1.54) is 0 Å². The van der Waals surface area contributed by atoms with Gasteiger partial charge in [0.05, 0.1) is 17.8 Å². The van der Waals surface area contributed by atoms with Crippen molar-refractivity contribution in [1.29, 1.82) is 0 Å². The third-order valence-electron chi connectivity index (χ3n) is 1.54. The highest BCUT2D eigenvalue weighted by molar-refractivity contribution is 5.73. The van der Waals surface area contributed by atoms with Crippen LogP contribution in [0.2, 0.25) is 0 Å². The first-order chi connectivity index (χ1) is 5.36. The van der Waals surface area contributed by atoms with Crippen LogP contribution in [0.3, 0.4) is 0 Å². The monoisotopic (exact) mass is 150 g/mol. The Morgan fingerprint density at radius 2 is 2.00 bits per heavy atom. The van der Waals surface area contributed by atoms with Gasteiger partial charge >= 0.3 is 5.97 Å². The normalized spacial score (nSPS) is 15.5. The molecule has 11 heavy (non-hydrogen) atoms. The van der Waals surface area contributed by atoms with E-state index in [2.05, 4.69) is 9.97 Å². The number of aromatic nitrogens is 2. The highest BCUT2D eigenvalue weighted by atomic mass is 16.5. The second kappa shape index (κ2) is 2.30. The maximum atomic E-state index is 10.7. The van der Waals surface area contributed by atoms with Gasteiger partial charge in [0.15, 0.2) is 0 Å². The third kappa shape index (κ3) is 1.07.